The Morgan fingerprint density at radius 2 is 1.75 bits per heavy atom. The number of aliphatic hydroxyl groups is 1. The summed E-state index contributed by atoms with van der Waals surface area (Å²) in [4.78, 5) is 0. The lowest BCUT2D eigenvalue weighted by Crippen LogP contribution is -2.41. The van der Waals surface area contributed by atoms with Gasteiger partial charge in [-0.05, 0) is 56.9 Å². The van der Waals surface area contributed by atoms with E-state index in [2.05, 4.69) is 0 Å². The Morgan fingerprint density at radius 3 is 2.21 bits per heavy atom. The second-order valence-electron chi connectivity index (χ2n) is 6.81. The van der Waals surface area contributed by atoms with E-state index in [4.69, 9.17) is 15.0 Å². The van der Waals surface area contributed by atoms with Crippen LogP contribution < -0.4 is 5.73 Å². The first-order valence-electron chi connectivity index (χ1n) is 7.51. The van der Waals surface area contributed by atoms with Gasteiger partial charge in [0.25, 0.3) is 0 Å². The number of hydrogen-bond donors (Lipinski definition) is 2. The molecular formula is C16H21BF3NO3. The number of benzene rings is 1. The second-order valence-corrected chi connectivity index (χ2v) is 6.81. The van der Waals surface area contributed by atoms with Crippen molar-refractivity contribution in [3.63, 3.8) is 0 Å². The third kappa shape index (κ3) is 3.60. The van der Waals surface area contributed by atoms with Crippen LogP contribution in [-0.4, -0.2) is 30.0 Å². The standard InChI is InChI=1S/C16H21BF3NO3/c1-14(2)15(3,4)24-17(23-14)12(9-22)8-10-7-11(16(18,19)20)5-6-13(10)21/h5-8,22H,9,21H2,1-4H3. The molecule has 132 valence electrons. The van der Waals surface area contributed by atoms with Crippen LogP contribution in [0.2, 0.25) is 0 Å². The highest BCUT2D eigenvalue weighted by Crippen LogP contribution is 2.39. The Kier molecular flexibility index (Phi) is 4.78. The van der Waals surface area contributed by atoms with Gasteiger partial charge in [-0.15, -0.1) is 0 Å². The van der Waals surface area contributed by atoms with Crippen molar-refractivity contribution in [2.24, 2.45) is 0 Å². The van der Waals surface area contributed by atoms with E-state index < -0.39 is 36.7 Å². The topological polar surface area (TPSA) is 64.7 Å². The predicted molar refractivity (Wildman–Crippen MR) is 87.0 cm³/mol. The number of nitrogens with two attached hydrogens (primary N) is 1. The highest BCUT2D eigenvalue weighted by Gasteiger charge is 2.52. The maximum absolute atomic E-state index is 12.9. The SMILES string of the molecule is CC1(C)OB(C(=Cc2cc(C(F)(F)F)ccc2N)CO)OC1(C)C. The first-order valence-corrected chi connectivity index (χ1v) is 7.51. The van der Waals surface area contributed by atoms with Gasteiger partial charge in [0.15, 0.2) is 0 Å². The first kappa shape index (κ1) is 18.8. The number of hydrogen-bond acceptors (Lipinski definition) is 4. The minimum atomic E-state index is -4.47. The van der Waals surface area contributed by atoms with E-state index in [9.17, 15) is 18.3 Å². The molecule has 24 heavy (non-hydrogen) atoms. The summed E-state index contributed by atoms with van der Waals surface area (Å²) in [5, 5.41) is 9.62. The van der Waals surface area contributed by atoms with Crippen LogP contribution in [0.5, 0.6) is 0 Å². The summed E-state index contributed by atoms with van der Waals surface area (Å²) in [6.07, 6.45) is -3.09. The Hall–Kier alpha value is -1.51. The molecule has 1 aromatic carbocycles. The molecule has 0 spiro atoms. The molecule has 8 heteroatoms. The fraction of sp³-hybridized carbons (Fsp3) is 0.500. The molecule has 0 radical (unpaired) electrons. The molecule has 1 saturated heterocycles. The number of aliphatic hydroxyl groups excluding tert-OH is 1. The molecular weight excluding hydrogens is 322 g/mol. The van der Waals surface area contributed by atoms with E-state index in [0.29, 0.717) is 5.47 Å². The lowest BCUT2D eigenvalue weighted by molar-refractivity contribution is -0.137. The largest absolute Gasteiger partial charge is 0.492 e. The average molecular weight is 343 g/mol. The van der Waals surface area contributed by atoms with Crippen molar-refractivity contribution >= 4 is 18.9 Å². The lowest BCUT2D eigenvalue weighted by Gasteiger charge is -2.32. The molecule has 0 amide bonds. The van der Waals surface area contributed by atoms with Crippen molar-refractivity contribution in [2.75, 3.05) is 12.3 Å². The molecule has 0 atom stereocenters. The van der Waals surface area contributed by atoms with E-state index in [1.807, 2.05) is 27.7 Å². The molecule has 1 aliphatic heterocycles. The van der Waals surface area contributed by atoms with Crippen LogP contribution in [-0.2, 0) is 15.5 Å². The summed E-state index contributed by atoms with van der Waals surface area (Å²) in [7, 11) is -0.853. The summed E-state index contributed by atoms with van der Waals surface area (Å²) >= 11 is 0. The number of alkyl halides is 3. The molecule has 4 nitrogen and oxygen atoms in total. The van der Waals surface area contributed by atoms with Gasteiger partial charge in [0.2, 0.25) is 0 Å². The highest BCUT2D eigenvalue weighted by molar-refractivity contribution is 6.55. The monoisotopic (exact) mass is 343 g/mol. The van der Waals surface area contributed by atoms with Crippen LogP contribution in [0.4, 0.5) is 18.9 Å². The number of anilines is 1. The quantitative estimate of drug-likeness (QED) is 0.653. The predicted octanol–water partition coefficient (Wildman–Crippen LogP) is 3.29. The maximum Gasteiger partial charge on any atom is 0.492 e. The molecule has 0 aromatic heterocycles. The van der Waals surface area contributed by atoms with Crippen LogP contribution in [0, 0.1) is 0 Å². The number of rotatable bonds is 3. The van der Waals surface area contributed by atoms with E-state index in [1.165, 1.54) is 12.1 Å². The minimum absolute atomic E-state index is 0.156. The highest BCUT2D eigenvalue weighted by atomic mass is 19.4. The van der Waals surface area contributed by atoms with E-state index >= 15 is 0 Å². The van der Waals surface area contributed by atoms with Gasteiger partial charge < -0.3 is 20.1 Å². The number of halogens is 3. The van der Waals surface area contributed by atoms with Crippen molar-refractivity contribution < 1.29 is 27.6 Å². The van der Waals surface area contributed by atoms with Crippen LogP contribution in [0.25, 0.3) is 6.08 Å². The van der Waals surface area contributed by atoms with Crippen molar-refractivity contribution in [1.82, 2.24) is 0 Å². The third-order valence-electron chi connectivity index (χ3n) is 4.49. The lowest BCUT2D eigenvalue weighted by atomic mass is 9.77. The van der Waals surface area contributed by atoms with Crippen molar-refractivity contribution in [2.45, 2.75) is 45.1 Å². The zero-order valence-electron chi connectivity index (χ0n) is 14.1. The minimum Gasteiger partial charge on any atom is -0.400 e. The Morgan fingerprint density at radius 1 is 1.21 bits per heavy atom. The maximum atomic E-state index is 12.9. The van der Waals surface area contributed by atoms with Gasteiger partial charge in [-0.25, -0.2) is 0 Å². The molecule has 1 heterocycles. The van der Waals surface area contributed by atoms with Crippen LogP contribution >= 0.6 is 0 Å². The average Bonchev–Trinajstić information content (AvgIpc) is 2.65. The smallest absolute Gasteiger partial charge is 0.400 e. The van der Waals surface area contributed by atoms with Gasteiger partial charge in [-0.3, -0.25) is 0 Å². The molecule has 3 N–H and O–H groups in total. The Bertz CT molecular complexity index is 640. The molecule has 0 aliphatic carbocycles. The van der Waals surface area contributed by atoms with Gasteiger partial charge in [0.1, 0.15) is 0 Å². The molecule has 2 rings (SSSR count). The molecule has 0 unspecified atom stereocenters. The summed E-state index contributed by atoms with van der Waals surface area (Å²) in [5.74, 6) is 0. The van der Waals surface area contributed by atoms with E-state index in [0.717, 1.165) is 12.1 Å². The Balaban J connectivity index is 2.39. The van der Waals surface area contributed by atoms with Crippen molar-refractivity contribution in [3.8, 4) is 0 Å². The van der Waals surface area contributed by atoms with Crippen LogP contribution in [0.15, 0.2) is 23.7 Å². The zero-order chi connectivity index (χ0) is 18.3. The summed E-state index contributed by atoms with van der Waals surface area (Å²) in [6, 6.07) is 3.05. The van der Waals surface area contributed by atoms with Crippen LogP contribution in [0.1, 0.15) is 38.8 Å². The third-order valence-corrected chi connectivity index (χ3v) is 4.49. The van der Waals surface area contributed by atoms with Crippen molar-refractivity contribution in [1.29, 1.82) is 0 Å². The molecule has 0 bridgehead atoms. The molecule has 1 fully saturated rings. The van der Waals surface area contributed by atoms with Gasteiger partial charge in [-0.2, -0.15) is 13.2 Å². The van der Waals surface area contributed by atoms with Gasteiger partial charge in [0.05, 0.1) is 23.4 Å². The fourth-order valence-electron chi connectivity index (χ4n) is 2.26. The van der Waals surface area contributed by atoms with E-state index in [-0.39, 0.29) is 11.3 Å². The molecule has 1 aliphatic rings. The Labute approximate surface area is 139 Å². The number of nitrogen functional groups attached to an aromatic ring is 1. The van der Waals surface area contributed by atoms with E-state index in [1.54, 1.807) is 0 Å². The van der Waals surface area contributed by atoms with Gasteiger partial charge >= 0.3 is 13.3 Å². The van der Waals surface area contributed by atoms with Gasteiger partial charge in [-0.1, -0.05) is 6.08 Å². The van der Waals surface area contributed by atoms with Crippen molar-refractivity contribution in [3.05, 3.63) is 34.8 Å². The normalized spacial score (nSPS) is 20.5. The fourth-order valence-corrected chi connectivity index (χ4v) is 2.26. The summed E-state index contributed by atoms with van der Waals surface area (Å²) in [6.45, 7) is 6.97. The molecule has 0 saturated carbocycles. The first-order chi connectivity index (χ1) is 10.9. The van der Waals surface area contributed by atoms with Crippen LogP contribution in [0.3, 0.4) is 0 Å². The summed E-state index contributed by atoms with van der Waals surface area (Å²) < 4.78 is 50.2. The molecule has 1 aromatic rings. The summed E-state index contributed by atoms with van der Waals surface area (Å²) in [5.41, 5.74) is 4.35. The second kappa shape index (κ2) is 6.09. The zero-order valence-corrected chi connectivity index (χ0v) is 14.1. The van der Waals surface area contributed by atoms with Gasteiger partial charge in [0, 0.05) is 5.69 Å².